The van der Waals surface area contributed by atoms with E-state index in [1.54, 1.807) is 6.20 Å². The van der Waals surface area contributed by atoms with E-state index < -0.39 is 0 Å². The Morgan fingerprint density at radius 3 is 2.47 bits per heavy atom. The number of nitrogens with one attached hydrogen (secondary N) is 1. The van der Waals surface area contributed by atoms with Crippen LogP contribution in [0.4, 0.5) is 0 Å². The summed E-state index contributed by atoms with van der Waals surface area (Å²) in [7, 11) is 0. The zero-order valence-electron chi connectivity index (χ0n) is 17.6. The van der Waals surface area contributed by atoms with Gasteiger partial charge in [-0.05, 0) is 61.2 Å². The maximum Gasteiger partial charge on any atom is 0.251 e. The summed E-state index contributed by atoms with van der Waals surface area (Å²) in [5.41, 5.74) is 3.08. The highest BCUT2D eigenvalue weighted by Gasteiger charge is 2.25. The van der Waals surface area contributed by atoms with Crippen molar-refractivity contribution in [1.29, 1.82) is 0 Å². The fourth-order valence-corrected chi connectivity index (χ4v) is 4.11. The summed E-state index contributed by atoms with van der Waals surface area (Å²) in [6.07, 6.45) is 6.14. The lowest BCUT2D eigenvalue weighted by Gasteiger charge is -2.37. The van der Waals surface area contributed by atoms with Crippen LogP contribution in [0, 0.1) is 5.92 Å². The maximum absolute atomic E-state index is 12.8. The van der Waals surface area contributed by atoms with Crippen LogP contribution in [0.25, 0.3) is 0 Å². The summed E-state index contributed by atoms with van der Waals surface area (Å²) in [6, 6.07) is 20.4. The Balaban J connectivity index is 1.39. The maximum atomic E-state index is 12.8. The van der Waals surface area contributed by atoms with Crippen molar-refractivity contribution in [2.45, 2.75) is 32.4 Å². The molecule has 0 aliphatic carbocycles. The van der Waals surface area contributed by atoms with E-state index in [0.29, 0.717) is 18.7 Å². The minimum atomic E-state index is -0.0213. The molecule has 1 saturated heterocycles. The van der Waals surface area contributed by atoms with Gasteiger partial charge in [-0.2, -0.15) is 5.10 Å². The third-order valence-corrected chi connectivity index (χ3v) is 6.02. The topological polar surface area (TPSA) is 50.2 Å². The monoisotopic (exact) mass is 402 g/mol. The van der Waals surface area contributed by atoms with Crippen LogP contribution in [-0.2, 0) is 6.54 Å². The lowest BCUT2D eigenvalue weighted by Crippen LogP contribution is -2.42. The quantitative estimate of drug-likeness (QED) is 0.646. The number of rotatable bonds is 7. The third kappa shape index (κ3) is 5.16. The Kier molecular flexibility index (Phi) is 6.60. The first-order valence-electron chi connectivity index (χ1n) is 10.8. The van der Waals surface area contributed by atoms with E-state index in [1.165, 1.54) is 18.4 Å². The summed E-state index contributed by atoms with van der Waals surface area (Å²) in [6.45, 7) is 5.81. The fourth-order valence-electron chi connectivity index (χ4n) is 4.11. The van der Waals surface area contributed by atoms with Crippen molar-refractivity contribution in [3.8, 4) is 0 Å². The molecule has 4 rings (SSSR count). The zero-order valence-corrected chi connectivity index (χ0v) is 17.6. The van der Waals surface area contributed by atoms with Gasteiger partial charge >= 0.3 is 0 Å². The molecule has 0 bridgehead atoms. The predicted molar refractivity (Wildman–Crippen MR) is 119 cm³/mol. The van der Waals surface area contributed by atoms with Gasteiger partial charge in [-0.3, -0.25) is 14.4 Å². The molecule has 3 aromatic rings. The van der Waals surface area contributed by atoms with Crippen LogP contribution < -0.4 is 5.32 Å². The molecule has 5 heteroatoms. The van der Waals surface area contributed by atoms with Gasteiger partial charge in [0.05, 0.1) is 12.6 Å². The highest BCUT2D eigenvalue weighted by atomic mass is 16.1. The second-order valence-corrected chi connectivity index (χ2v) is 8.26. The fraction of sp³-hybridized carbons (Fsp3) is 0.360. The van der Waals surface area contributed by atoms with E-state index in [9.17, 15) is 4.79 Å². The Morgan fingerprint density at radius 2 is 1.80 bits per heavy atom. The van der Waals surface area contributed by atoms with E-state index in [0.717, 1.165) is 24.6 Å². The number of likely N-dealkylation sites (tertiary alicyclic amines) is 1. The van der Waals surface area contributed by atoms with Crippen molar-refractivity contribution in [2.24, 2.45) is 5.92 Å². The minimum absolute atomic E-state index is 0.0213. The molecule has 0 spiro atoms. The van der Waals surface area contributed by atoms with Gasteiger partial charge in [0.15, 0.2) is 0 Å². The second kappa shape index (κ2) is 9.72. The number of piperidine rings is 1. The first-order chi connectivity index (χ1) is 14.7. The van der Waals surface area contributed by atoms with Crippen molar-refractivity contribution in [1.82, 2.24) is 20.0 Å². The summed E-state index contributed by atoms with van der Waals surface area (Å²) in [5.74, 6) is 0.763. The summed E-state index contributed by atoms with van der Waals surface area (Å²) in [5, 5.41) is 7.40. The molecule has 0 saturated carbocycles. The molecule has 1 fully saturated rings. The Bertz CT molecular complexity index is 914. The number of hydrogen-bond acceptors (Lipinski definition) is 3. The molecule has 1 aliphatic heterocycles. The number of nitrogens with zero attached hydrogens (tertiary/aromatic N) is 3. The minimum Gasteiger partial charge on any atom is -0.350 e. The van der Waals surface area contributed by atoms with Crippen LogP contribution in [0.15, 0.2) is 73.1 Å². The van der Waals surface area contributed by atoms with Crippen molar-refractivity contribution in [3.63, 3.8) is 0 Å². The largest absolute Gasteiger partial charge is 0.350 e. The molecule has 156 valence electrons. The lowest BCUT2D eigenvalue weighted by atomic mass is 9.95. The van der Waals surface area contributed by atoms with Gasteiger partial charge in [-0.1, -0.05) is 49.4 Å². The number of benzene rings is 2. The molecule has 5 nitrogen and oxygen atoms in total. The Morgan fingerprint density at radius 1 is 1.07 bits per heavy atom. The van der Waals surface area contributed by atoms with Gasteiger partial charge in [-0.15, -0.1) is 0 Å². The first-order valence-corrected chi connectivity index (χ1v) is 10.8. The molecule has 1 unspecified atom stereocenters. The number of carbonyl (C=O) groups is 1. The van der Waals surface area contributed by atoms with Crippen LogP contribution in [0.3, 0.4) is 0 Å². The summed E-state index contributed by atoms with van der Waals surface area (Å²) >= 11 is 0. The lowest BCUT2D eigenvalue weighted by molar-refractivity contribution is 0.0913. The molecule has 2 heterocycles. The molecule has 1 aliphatic rings. The number of aromatic nitrogens is 2. The average molecular weight is 403 g/mol. The van der Waals surface area contributed by atoms with Gasteiger partial charge in [0.25, 0.3) is 5.91 Å². The average Bonchev–Trinajstić information content (AvgIpc) is 3.29. The van der Waals surface area contributed by atoms with E-state index in [1.807, 2.05) is 47.3 Å². The molecule has 1 atom stereocenters. The molecule has 2 aromatic carbocycles. The smallest absolute Gasteiger partial charge is 0.251 e. The van der Waals surface area contributed by atoms with E-state index in [-0.39, 0.29) is 11.9 Å². The van der Waals surface area contributed by atoms with Gasteiger partial charge in [0, 0.05) is 24.5 Å². The number of amides is 1. The highest BCUT2D eigenvalue weighted by Crippen LogP contribution is 2.26. The van der Waals surface area contributed by atoms with Crippen LogP contribution in [0.2, 0.25) is 0 Å². The van der Waals surface area contributed by atoms with Crippen LogP contribution >= 0.6 is 0 Å². The molecular weight excluding hydrogens is 372 g/mol. The first kappa shape index (κ1) is 20.4. The molecule has 1 N–H and O–H groups in total. The zero-order chi connectivity index (χ0) is 20.8. The van der Waals surface area contributed by atoms with Crippen LogP contribution in [0.5, 0.6) is 0 Å². The summed E-state index contributed by atoms with van der Waals surface area (Å²) in [4.78, 5) is 15.3. The normalized spacial score (nSPS) is 16.3. The number of hydrogen-bond donors (Lipinski definition) is 1. The predicted octanol–water partition coefficient (Wildman–Crippen LogP) is 4.13. The van der Waals surface area contributed by atoms with Crippen LogP contribution in [-0.4, -0.2) is 40.2 Å². The van der Waals surface area contributed by atoms with Gasteiger partial charge in [0.2, 0.25) is 0 Å². The Hall–Kier alpha value is -2.92. The SMILES string of the molecule is CC1CCN(C(CNC(=O)c2ccc(Cn3cccn3)cc2)c2ccccc2)CC1. The highest BCUT2D eigenvalue weighted by molar-refractivity contribution is 5.94. The van der Waals surface area contributed by atoms with Gasteiger partial charge in [-0.25, -0.2) is 0 Å². The Labute approximate surface area is 178 Å². The van der Waals surface area contributed by atoms with Gasteiger partial charge in [0.1, 0.15) is 0 Å². The van der Waals surface area contributed by atoms with Crippen molar-refractivity contribution >= 4 is 5.91 Å². The van der Waals surface area contributed by atoms with Crippen molar-refractivity contribution in [3.05, 3.63) is 89.7 Å². The van der Waals surface area contributed by atoms with Gasteiger partial charge < -0.3 is 5.32 Å². The second-order valence-electron chi connectivity index (χ2n) is 8.26. The van der Waals surface area contributed by atoms with E-state index in [2.05, 4.69) is 46.5 Å². The van der Waals surface area contributed by atoms with E-state index in [4.69, 9.17) is 0 Å². The number of carbonyl (C=O) groups excluding carboxylic acids is 1. The van der Waals surface area contributed by atoms with Crippen molar-refractivity contribution in [2.75, 3.05) is 19.6 Å². The molecule has 1 amide bonds. The molecule has 0 radical (unpaired) electrons. The summed E-state index contributed by atoms with van der Waals surface area (Å²) < 4.78 is 1.87. The van der Waals surface area contributed by atoms with E-state index >= 15 is 0 Å². The van der Waals surface area contributed by atoms with Crippen LogP contribution in [0.1, 0.15) is 47.3 Å². The standard InChI is InChI=1S/C25H30N4O/c1-20-12-16-28(17-13-20)24(22-6-3-2-4-7-22)18-26-25(30)23-10-8-21(9-11-23)19-29-15-5-14-27-29/h2-11,14-15,20,24H,12-13,16-19H2,1H3,(H,26,30). The van der Waals surface area contributed by atoms with Crippen molar-refractivity contribution < 1.29 is 4.79 Å². The third-order valence-electron chi connectivity index (χ3n) is 6.02. The molecule has 1 aromatic heterocycles. The molecule has 30 heavy (non-hydrogen) atoms. The molecular formula is C25H30N4O.